The third-order valence-corrected chi connectivity index (χ3v) is 3.25. The largest absolute Gasteiger partial charge is 0.317 e. The predicted octanol–water partition coefficient (Wildman–Crippen LogP) is 2.25. The first-order valence-electron chi connectivity index (χ1n) is 4.38. The van der Waals surface area contributed by atoms with Crippen molar-refractivity contribution in [2.45, 2.75) is 13.5 Å². The topological polar surface area (TPSA) is 17.3 Å². The Morgan fingerprint density at radius 2 is 2.15 bits per heavy atom. The quantitative estimate of drug-likeness (QED) is 0.659. The molecule has 0 N–H and O–H groups in total. The first kappa shape index (κ1) is 8.51. The van der Waals surface area contributed by atoms with E-state index in [0.29, 0.717) is 0 Å². The SMILES string of the molecule is CCn1c(=NC)sc2ccccc21. The molecule has 13 heavy (non-hydrogen) atoms. The lowest BCUT2D eigenvalue weighted by atomic mass is 10.3. The summed E-state index contributed by atoms with van der Waals surface area (Å²) >= 11 is 1.74. The van der Waals surface area contributed by atoms with Crippen LogP contribution in [-0.2, 0) is 6.54 Å². The number of aromatic nitrogens is 1. The van der Waals surface area contributed by atoms with Gasteiger partial charge < -0.3 is 4.57 Å². The molecular formula is C10H12N2S. The molecule has 0 bridgehead atoms. The van der Waals surface area contributed by atoms with Gasteiger partial charge in [-0.1, -0.05) is 23.5 Å². The fourth-order valence-electron chi connectivity index (χ4n) is 1.49. The minimum Gasteiger partial charge on any atom is -0.317 e. The van der Waals surface area contributed by atoms with Gasteiger partial charge >= 0.3 is 0 Å². The van der Waals surface area contributed by atoms with Gasteiger partial charge in [-0.2, -0.15) is 0 Å². The summed E-state index contributed by atoms with van der Waals surface area (Å²) in [5, 5.41) is 0. The molecule has 68 valence electrons. The number of hydrogen-bond acceptors (Lipinski definition) is 2. The Hall–Kier alpha value is -1.09. The van der Waals surface area contributed by atoms with Crippen molar-refractivity contribution in [1.82, 2.24) is 4.57 Å². The molecule has 0 spiro atoms. The van der Waals surface area contributed by atoms with E-state index in [2.05, 4.69) is 40.7 Å². The molecule has 1 aromatic heterocycles. The van der Waals surface area contributed by atoms with Crippen LogP contribution in [0.15, 0.2) is 29.3 Å². The Morgan fingerprint density at radius 3 is 2.85 bits per heavy atom. The summed E-state index contributed by atoms with van der Waals surface area (Å²) in [6.45, 7) is 3.13. The molecule has 0 aliphatic heterocycles. The standard InChI is InChI=1S/C10H12N2S/c1-3-12-8-6-4-5-7-9(8)13-10(12)11-2/h4-7H,3H2,1-2H3. The van der Waals surface area contributed by atoms with Crippen molar-refractivity contribution in [3.05, 3.63) is 29.1 Å². The summed E-state index contributed by atoms with van der Waals surface area (Å²) < 4.78 is 3.55. The zero-order valence-corrected chi connectivity index (χ0v) is 8.64. The van der Waals surface area contributed by atoms with E-state index in [1.807, 2.05) is 7.05 Å². The Bertz CT molecular complexity index is 479. The molecular weight excluding hydrogens is 180 g/mol. The molecule has 0 saturated heterocycles. The number of aryl methyl sites for hydroxylation is 1. The summed E-state index contributed by atoms with van der Waals surface area (Å²) in [6.07, 6.45) is 0. The number of rotatable bonds is 1. The van der Waals surface area contributed by atoms with Crippen molar-refractivity contribution in [1.29, 1.82) is 0 Å². The number of thiazole rings is 1. The van der Waals surface area contributed by atoms with E-state index in [1.165, 1.54) is 10.2 Å². The average Bonchev–Trinajstić information content (AvgIpc) is 2.55. The fourth-order valence-corrected chi connectivity index (χ4v) is 2.55. The third-order valence-electron chi connectivity index (χ3n) is 2.10. The van der Waals surface area contributed by atoms with Gasteiger partial charge in [0.05, 0.1) is 10.2 Å². The number of hydrogen-bond donors (Lipinski definition) is 0. The van der Waals surface area contributed by atoms with Crippen molar-refractivity contribution in [2.24, 2.45) is 4.99 Å². The van der Waals surface area contributed by atoms with Crippen LogP contribution in [0, 0.1) is 0 Å². The molecule has 0 radical (unpaired) electrons. The summed E-state index contributed by atoms with van der Waals surface area (Å²) in [7, 11) is 1.84. The van der Waals surface area contributed by atoms with E-state index in [9.17, 15) is 0 Å². The zero-order valence-electron chi connectivity index (χ0n) is 7.82. The van der Waals surface area contributed by atoms with Crippen molar-refractivity contribution < 1.29 is 0 Å². The second kappa shape index (κ2) is 3.34. The monoisotopic (exact) mass is 192 g/mol. The lowest BCUT2D eigenvalue weighted by Crippen LogP contribution is -2.12. The van der Waals surface area contributed by atoms with Crippen molar-refractivity contribution in [3.63, 3.8) is 0 Å². The average molecular weight is 192 g/mol. The molecule has 2 rings (SSSR count). The van der Waals surface area contributed by atoms with E-state index < -0.39 is 0 Å². The minimum atomic E-state index is 0.983. The van der Waals surface area contributed by atoms with Gasteiger partial charge in [-0.15, -0.1) is 0 Å². The van der Waals surface area contributed by atoms with Crippen molar-refractivity contribution in [2.75, 3.05) is 7.05 Å². The number of benzene rings is 1. The van der Waals surface area contributed by atoms with Gasteiger partial charge in [-0.25, -0.2) is 0 Å². The number of nitrogens with zero attached hydrogens (tertiary/aromatic N) is 2. The predicted molar refractivity (Wildman–Crippen MR) is 57.0 cm³/mol. The van der Waals surface area contributed by atoms with E-state index >= 15 is 0 Å². The normalized spacial score (nSPS) is 12.6. The van der Waals surface area contributed by atoms with Gasteiger partial charge in [0.2, 0.25) is 0 Å². The Morgan fingerprint density at radius 1 is 1.38 bits per heavy atom. The number of fused-ring (bicyclic) bond motifs is 1. The highest BCUT2D eigenvalue weighted by Crippen LogP contribution is 2.15. The summed E-state index contributed by atoms with van der Waals surface area (Å²) in [5.41, 5.74) is 1.29. The lowest BCUT2D eigenvalue weighted by Gasteiger charge is -1.98. The smallest absolute Gasteiger partial charge is 0.185 e. The van der Waals surface area contributed by atoms with Gasteiger partial charge in [0, 0.05) is 13.6 Å². The van der Waals surface area contributed by atoms with Crippen LogP contribution in [-0.4, -0.2) is 11.6 Å². The fraction of sp³-hybridized carbons (Fsp3) is 0.300. The van der Waals surface area contributed by atoms with Crippen molar-refractivity contribution in [3.8, 4) is 0 Å². The first-order chi connectivity index (χ1) is 6.36. The van der Waals surface area contributed by atoms with Gasteiger partial charge in [0.1, 0.15) is 0 Å². The van der Waals surface area contributed by atoms with Crippen LogP contribution in [0.2, 0.25) is 0 Å². The van der Waals surface area contributed by atoms with Crippen LogP contribution in [0.25, 0.3) is 10.2 Å². The maximum atomic E-state index is 4.26. The molecule has 0 unspecified atom stereocenters. The highest BCUT2D eigenvalue weighted by atomic mass is 32.1. The molecule has 0 aliphatic rings. The summed E-state index contributed by atoms with van der Waals surface area (Å²) in [6, 6.07) is 8.42. The van der Waals surface area contributed by atoms with Gasteiger partial charge in [0.15, 0.2) is 4.80 Å². The minimum absolute atomic E-state index is 0.983. The van der Waals surface area contributed by atoms with Crippen LogP contribution >= 0.6 is 11.3 Å². The molecule has 0 amide bonds. The van der Waals surface area contributed by atoms with E-state index in [0.717, 1.165) is 11.3 Å². The second-order valence-corrected chi connectivity index (χ2v) is 3.83. The highest BCUT2D eigenvalue weighted by Gasteiger charge is 2.01. The van der Waals surface area contributed by atoms with Crippen LogP contribution in [0.4, 0.5) is 0 Å². The number of para-hydroxylation sites is 1. The zero-order chi connectivity index (χ0) is 9.26. The Kier molecular flexibility index (Phi) is 2.19. The molecule has 1 aromatic carbocycles. The molecule has 1 heterocycles. The van der Waals surface area contributed by atoms with Gasteiger partial charge in [-0.3, -0.25) is 4.99 Å². The lowest BCUT2D eigenvalue weighted by molar-refractivity contribution is 0.762. The van der Waals surface area contributed by atoms with E-state index in [-0.39, 0.29) is 0 Å². The summed E-state index contributed by atoms with van der Waals surface area (Å²) in [5.74, 6) is 0. The van der Waals surface area contributed by atoms with Crippen LogP contribution in [0.3, 0.4) is 0 Å². The Balaban J connectivity index is 2.90. The molecule has 0 fully saturated rings. The molecule has 0 saturated carbocycles. The molecule has 2 aromatic rings. The molecule has 0 atom stereocenters. The molecule has 2 nitrogen and oxygen atoms in total. The highest BCUT2D eigenvalue weighted by molar-refractivity contribution is 7.16. The molecule has 0 aliphatic carbocycles. The van der Waals surface area contributed by atoms with Crippen LogP contribution in [0.5, 0.6) is 0 Å². The van der Waals surface area contributed by atoms with Crippen LogP contribution in [0.1, 0.15) is 6.92 Å². The van der Waals surface area contributed by atoms with E-state index in [1.54, 1.807) is 11.3 Å². The van der Waals surface area contributed by atoms with Gasteiger partial charge in [0.25, 0.3) is 0 Å². The Labute approximate surface area is 81.2 Å². The first-order valence-corrected chi connectivity index (χ1v) is 5.19. The summed E-state index contributed by atoms with van der Waals surface area (Å²) in [4.78, 5) is 5.36. The van der Waals surface area contributed by atoms with Gasteiger partial charge in [-0.05, 0) is 19.1 Å². The van der Waals surface area contributed by atoms with E-state index in [4.69, 9.17) is 0 Å². The van der Waals surface area contributed by atoms with Crippen molar-refractivity contribution >= 4 is 21.6 Å². The van der Waals surface area contributed by atoms with Crippen LogP contribution < -0.4 is 4.80 Å². The maximum absolute atomic E-state index is 4.26. The molecule has 3 heteroatoms. The second-order valence-electron chi connectivity index (χ2n) is 2.82. The third kappa shape index (κ3) is 1.29. The maximum Gasteiger partial charge on any atom is 0.185 e.